The Labute approximate surface area is 121 Å². The molecule has 110 valence electrons. The second kappa shape index (κ2) is 4.83. The Balaban J connectivity index is 1.47. The zero-order chi connectivity index (χ0) is 13.6. The van der Waals surface area contributed by atoms with Crippen LogP contribution in [0.5, 0.6) is 0 Å². The number of aromatic nitrogens is 3. The first-order valence-corrected chi connectivity index (χ1v) is 8.34. The van der Waals surface area contributed by atoms with Crippen LogP contribution in [0.1, 0.15) is 50.6 Å². The zero-order valence-corrected chi connectivity index (χ0v) is 12.3. The molecule has 4 bridgehead atoms. The van der Waals surface area contributed by atoms with Gasteiger partial charge in [0.15, 0.2) is 0 Å². The number of aryl methyl sites for hydroxylation is 1. The number of nitrogens with zero attached hydrogens (tertiary/aromatic N) is 3. The van der Waals surface area contributed by atoms with Crippen LogP contribution in [0.2, 0.25) is 0 Å². The first-order chi connectivity index (χ1) is 9.75. The summed E-state index contributed by atoms with van der Waals surface area (Å²) < 4.78 is 2.12. The lowest BCUT2D eigenvalue weighted by Gasteiger charge is -2.56. The Morgan fingerprint density at radius 2 is 1.80 bits per heavy atom. The number of rotatable bonds is 5. The van der Waals surface area contributed by atoms with Crippen LogP contribution in [0, 0.1) is 23.2 Å². The van der Waals surface area contributed by atoms with E-state index in [-0.39, 0.29) is 0 Å². The summed E-state index contributed by atoms with van der Waals surface area (Å²) >= 11 is 0. The van der Waals surface area contributed by atoms with Gasteiger partial charge in [-0.1, -0.05) is 5.21 Å². The van der Waals surface area contributed by atoms with Crippen molar-refractivity contribution in [3.8, 4) is 0 Å². The Morgan fingerprint density at radius 1 is 1.15 bits per heavy atom. The predicted octanol–water partition coefficient (Wildman–Crippen LogP) is 2.39. The van der Waals surface area contributed by atoms with Gasteiger partial charge in [0, 0.05) is 12.7 Å². The maximum Gasteiger partial charge on any atom is 0.0827 e. The van der Waals surface area contributed by atoms with E-state index in [2.05, 4.69) is 21.2 Å². The van der Waals surface area contributed by atoms with E-state index >= 15 is 0 Å². The van der Waals surface area contributed by atoms with Gasteiger partial charge >= 0.3 is 0 Å². The van der Waals surface area contributed by atoms with Crippen LogP contribution in [-0.2, 0) is 13.0 Å². The fourth-order valence-electron chi connectivity index (χ4n) is 5.64. The van der Waals surface area contributed by atoms with E-state index < -0.39 is 0 Å². The first kappa shape index (κ1) is 12.8. The average Bonchev–Trinajstić information content (AvgIpc) is 2.81. The summed E-state index contributed by atoms with van der Waals surface area (Å²) in [5, 5.41) is 8.68. The molecule has 0 spiro atoms. The van der Waals surface area contributed by atoms with Crippen molar-refractivity contribution in [2.75, 3.05) is 6.54 Å². The van der Waals surface area contributed by atoms with Crippen molar-refractivity contribution in [2.24, 2.45) is 28.9 Å². The lowest BCUT2D eigenvalue weighted by atomic mass is 9.49. The Morgan fingerprint density at radius 3 is 2.40 bits per heavy atom. The first-order valence-electron chi connectivity index (χ1n) is 8.34. The molecule has 2 N–H and O–H groups in total. The molecule has 0 aliphatic heterocycles. The predicted molar refractivity (Wildman–Crippen MR) is 78.0 cm³/mol. The molecule has 5 rings (SSSR count). The summed E-state index contributed by atoms with van der Waals surface area (Å²) in [7, 11) is 0. The van der Waals surface area contributed by atoms with Gasteiger partial charge in [-0.2, -0.15) is 0 Å². The van der Waals surface area contributed by atoms with E-state index in [1.54, 1.807) is 0 Å². The number of nitrogens with two attached hydrogens (primary N) is 1. The quantitative estimate of drug-likeness (QED) is 0.897. The van der Waals surface area contributed by atoms with Crippen molar-refractivity contribution >= 4 is 0 Å². The number of hydrogen-bond acceptors (Lipinski definition) is 3. The molecule has 4 heteroatoms. The van der Waals surface area contributed by atoms with E-state index in [9.17, 15) is 0 Å². The third kappa shape index (κ3) is 2.28. The number of hydrogen-bond donors (Lipinski definition) is 1. The van der Waals surface area contributed by atoms with E-state index in [1.165, 1.54) is 38.5 Å². The zero-order valence-electron chi connectivity index (χ0n) is 12.3. The van der Waals surface area contributed by atoms with Crippen LogP contribution in [0.25, 0.3) is 0 Å². The summed E-state index contributed by atoms with van der Waals surface area (Å²) in [5.74, 6) is 3.05. The second-order valence-electron chi connectivity index (χ2n) is 7.72. The highest BCUT2D eigenvalue weighted by molar-refractivity contribution is 5.02. The fourth-order valence-corrected chi connectivity index (χ4v) is 5.64. The fraction of sp³-hybridized carbons (Fsp3) is 0.875. The molecule has 0 radical (unpaired) electrons. The summed E-state index contributed by atoms with van der Waals surface area (Å²) in [6.07, 6.45) is 13.0. The van der Waals surface area contributed by atoms with Crippen molar-refractivity contribution in [3.05, 3.63) is 11.9 Å². The summed E-state index contributed by atoms with van der Waals surface area (Å²) in [6, 6.07) is 0. The molecule has 4 aliphatic carbocycles. The third-order valence-electron chi connectivity index (χ3n) is 5.89. The summed E-state index contributed by atoms with van der Waals surface area (Å²) in [6.45, 7) is 1.84. The molecule has 4 saturated carbocycles. The van der Waals surface area contributed by atoms with Gasteiger partial charge in [-0.25, -0.2) is 0 Å². The van der Waals surface area contributed by atoms with E-state index in [0.29, 0.717) is 5.41 Å². The van der Waals surface area contributed by atoms with Crippen LogP contribution in [0.4, 0.5) is 0 Å². The lowest BCUT2D eigenvalue weighted by Crippen LogP contribution is -2.48. The van der Waals surface area contributed by atoms with Crippen molar-refractivity contribution in [1.82, 2.24) is 15.0 Å². The topological polar surface area (TPSA) is 56.7 Å². The van der Waals surface area contributed by atoms with Gasteiger partial charge in [0.05, 0.1) is 5.69 Å². The molecular formula is C16H26N4. The SMILES string of the molecule is NCCCc1cn(CC23CC4CC(CC(C4)C2)C3)nn1. The Hall–Kier alpha value is -0.900. The lowest BCUT2D eigenvalue weighted by molar-refractivity contribution is -0.0637. The smallest absolute Gasteiger partial charge is 0.0827 e. The molecule has 1 aromatic heterocycles. The molecule has 4 nitrogen and oxygen atoms in total. The van der Waals surface area contributed by atoms with Gasteiger partial charge in [-0.3, -0.25) is 4.68 Å². The molecule has 0 unspecified atom stereocenters. The second-order valence-corrected chi connectivity index (χ2v) is 7.72. The van der Waals surface area contributed by atoms with Crippen LogP contribution >= 0.6 is 0 Å². The van der Waals surface area contributed by atoms with Gasteiger partial charge in [0.25, 0.3) is 0 Å². The highest BCUT2D eigenvalue weighted by atomic mass is 15.4. The van der Waals surface area contributed by atoms with Gasteiger partial charge in [-0.15, -0.1) is 5.10 Å². The standard InChI is InChI=1S/C16H26N4/c17-3-1-2-15-10-20(19-18-15)11-16-7-12-4-13(8-16)6-14(5-12)9-16/h10,12-14H,1-9,11,17H2. The average molecular weight is 274 g/mol. The summed E-state index contributed by atoms with van der Waals surface area (Å²) in [5.41, 5.74) is 7.22. The highest BCUT2D eigenvalue weighted by Crippen LogP contribution is 2.60. The van der Waals surface area contributed by atoms with Crippen molar-refractivity contribution in [2.45, 2.75) is 57.9 Å². The molecule has 0 aromatic carbocycles. The van der Waals surface area contributed by atoms with E-state index in [4.69, 9.17) is 5.73 Å². The molecule has 20 heavy (non-hydrogen) atoms. The Bertz CT molecular complexity index is 443. The van der Waals surface area contributed by atoms with Crippen molar-refractivity contribution in [3.63, 3.8) is 0 Å². The molecule has 0 atom stereocenters. The summed E-state index contributed by atoms with van der Waals surface area (Å²) in [4.78, 5) is 0. The van der Waals surface area contributed by atoms with Crippen molar-refractivity contribution < 1.29 is 0 Å². The van der Waals surface area contributed by atoms with Crippen LogP contribution < -0.4 is 5.73 Å². The monoisotopic (exact) mass is 274 g/mol. The largest absolute Gasteiger partial charge is 0.330 e. The highest BCUT2D eigenvalue weighted by Gasteiger charge is 2.51. The normalized spacial score (nSPS) is 38.5. The van der Waals surface area contributed by atoms with Crippen molar-refractivity contribution in [1.29, 1.82) is 0 Å². The molecule has 4 fully saturated rings. The molecule has 4 aliphatic rings. The van der Waals surface area contributed by atoms with E-state index in [0.717, 1.165) is 49.4 Å². The minimum absolute atomic E-state index is 0.549. The van der Waals surface area contributed by atoms with Crippen LogP contribution in [0.15, 0.2) is 6.20 Å². The maximum absolute atomic E-state index is 5.56. The van der Waals surface area contributed by atoms with Crippen LogP contribution in [-0.4, -0.2) is 21.5 Å². The van der Waals surface area contributed by atoms with Gasteiger partial charge < -0.3 is 5.73 Å². The minimum atomic E-state index is 0.549. The van der Waals surface area contributed by atoms with Gasteiger partial charge in [0.2, 0.25) is 0 Å². The molecule has 1 heterocycles. The molecule has 1 aromatic rings. The van der Waals surface area contributed by atoms with Crippen LogP contribution in [0.3, 0.4) is 0 Å². The molecule has 0 amide bonds. The molecular weight excluding hydrogens is 248 g/mol. The molecule has 0 saturated heterocycles. The van der Waals surface area contributed by atoms with E-state index in [1.807, 2.05) is 0 Å². The Kier molecular flexibility index (Phi) is 3.09. The maximum atomic E-state index is 5.56. The third-order valence-corrected chi connectivity index (χ3v) is 5.89. The van der Waals surface area contributed by atoms with Gasteiger partial charge in [0.1, 0.15) is 0 Å². The minimum Gasteiger partial charge on any atom is -0.330 e. The van der Waals surface area contributed by atoms with Gasteiger partial charge in [-0.05, 0) is 81.1 Å².